The van der Waals surface area contributed by atoms with E-state index in [0.29, 0.717) is 19.4 Å². The second-order valence-electron chi connectivity index (χ2n) is 5.44. The highest BCUT2D eigenvalue weighted by Gasteiger charge is 2.49. The van der Waals surface area contributed by atoms with Gasteiger partial charge in [0.25, 0.3) is 0 Å². The molecule has 1 aromatic heterocycles. The number of thiazole rings is 1. The molecule has 112 valence electrons. The van der Waals surface area contributed by atoms with E-state index in [0.717, 1.165) is 8.79 Å². The molecule has 0 spiro atoms. The molecule has 0 aliphatic heterocycles. The molecule has 1 aliphatic rings. The van der Waals surface area contributed by atoms with Crippen LogP contribution in [0.25, 0.3) is 0 Å². The van der Waals surface area contributed by atoms with Gasteiger partial charge in [-0.1, -0.05) is 13.8 Å². The van der Waals surface area contributed by atoms with Crippen molar-refractivity contribution in [2.75, 3.05) is 6.61 Å². The summed E-state index contributed by atoms with van der Waals surface area (Å²) in [5.41, 5.74) is -0.945. The normalized spacial score (nSPS) is 34.0. The van der Waals surface area contributed by atoms with E-state index in [1.807, 2.05) is 20.8 Å². The molecule has 0 aromatic carbocycles. The summed E-state index contributed by atoms with van der Waals surface area (Å²) in [7, 11) is 0. The Morgan fingerprint density at radius 1 is 1.65 bits per heavy atom. The van der Waals surface area contributed by atoms with Crippen LogP contribution in [0.1, 0.15) is 38.6 Å². The molecule has 4 nitrogen and oxygen atoms in total. The topological polar surface area (TPSA) is 59.4 Å². The highest BCUT2D eigenvalue weighted by Crippen LogP contribution is 2.48. The third-order valence-corrected chi connectivity index (χ3v) is 6.09. The molecular formula is C14H20BrNO3S. The molecule has 4 unspecified atom stereocenters. The van der Waals surface area contributed by atoms with Gasteiger partial charge in [0.15, 0.2) is 0 Å². The van der Waals surface area contributed by atoms with Crippen LogP contribution in [0.3, 0.4) is 0 Å². The SMILES string of the molecule is CCOC(=O)C1CCC(O)(c2ncc(Br)s2)C(C)C1C. The zero-order chi connectivity index (χ0) is 14.9. The lowest BCUT2D eigenvalue weighted by Gasteiger charge is -2.43. The first kappa shape index (κ1) is 15.9. The van der Waals surface area contributed by atoms with Crippen molar-refractivity contribution in [2.24, 2.45) is 17.8 Å². The standard InChI is InChI=1S/C14H20BrNO3S/c1-4-19-12(17)10-5-6-14(18,9(3)8(10)2)13-16-7-11(15)20-13/h7-10,18H,4-6H2,1-3H3. The number of halogens is 1. The van der Waals surface area contributed by atoms with Crippen LogP contribution in [0.2, 0.25) is 0 Å². The fraction of sp³-hybridized carbons (Fsp3) is 0.714. The van der Waals surface area contributed by atoms with Gasteiger partial charge in [0.05, 0.1) is 22.5 Å². The van der Waals surface area contributed by atoms with E-state index in [1.54, 1.807) is 6.20 Å². The predicted molar refractivity (Wildman–Crippen MR) is 81.4 cm³/mol. The van der Waals surface area contributed by atoms with Crippen molar-refractivity contribution in [1.29, 1.82) is 0 Å². The maximum atomic E-state index is 12.0. The highest BCUT2D eigenvalue weighted by atomic mass is 79.9. The number of aromatic nitrogens is 1. The zero-order valence-electron chi connectivity index (χ0n) is 11.9. The molecule has 1 heterocycles. The number of hydrogen-bond acceptors (Lipinski definition) is 5. The Morgan fingerprint density at radius 2 is 2.35 bits per heavy atom. The number of carbonyl (C=O) groups is 1. The van der Waals surface area contributed by atoms with Gasteiger partial charge in [-0.25, -0.2) is 4.98 Å². The van der Waals surface area contributed by atoms with Gasteiger partial charge in [-0.15, -0.1) is 11.3 Å². The molecule has 1 N–H and O–H groups in total. The van der Waals surface area contributed by atoms with Crippen molar-refractivity contribution in [3.63, 3.8) is 0 Å². The molecule has 0 saturated heterocycles. The molecule has 2 rings (SSSR count). The number of rotatable bonds is 3. The minimum absolute atomic E-state index is 0.0382. The summed E-state index contributed by atoms with van der Waals surface area (Å²) in [6, 6.07) is 0. The summed E-state index contributed by atoms with van der Waals surface area (Å²) in [6.07, 6.45) is 2.90. The van der Waals surface area contributed by atoms with Gasteiger partial charge in [-0.2, -0.15) is 0 Å². The van der Waals surface area contributed by atoms with E-state index in [1.165, 1.54) is 11.3 Å². The van der Waals surface area contributed by atoms with Crippen LogP contribution in [-0.4, -0.2) is 22.7 Å². The first-order valence-electron chi connectivity index (χ1n) is 6.91. The Labute approximate surface area is 131 Å². The molecule has 20 heavy (non-hydrogen) atoms. The van der Waals surface area contributed by atoms with Crippen LogP contribution in [0.15, 0.2) is 9.98 Å². The average molecular weight is 362 g/mol. The van der Waals surface area contributed by atoms with E-state index < -0.39 is 5.60 Å². The van der Waals surface area contributed by atoms with Gasteiger partial charge >= 0.3 is 5.97 Å². The second kappa shape index (κ2) is 6.12. The van der Waals surface area contributed by atoms with Gasteiger partial charge in [0, 0.05) is 0 Å². The van der Waals surface area contributed by atoms with Crippen LogP contribution in [0.5, 0.6) is 0 Å². The number of hydrogen-bond donors (Lipinski definition) is 1. The van der Waals surface area contributed by atoms with Crippen molar-refractivity contribution >= 4 is 33.2 Å². The van der Waals surface area contributed by atoms with Crippen molar-refractivity contribution < 1.29 is 14.6 Å². The Kier molecular flexibility index (Phi) is 4.87. The maximum Gasteiger partial charge on any atom is 0.309 e. The molecule has 4 atom stereocenters. The number of nitrogens with zero attached hydrogens (tertiary/aromatic N) is 1. The van der Waals surface area contributed by atoms with E-state index >= 15 is 0 Å². The molecule has 1 aromatic rings. The second-order valence-corrected chi connectivity index (χ2v) is 7.85. The first-order chi connectivity index (χ1) is 9.40. The Bertz CT molecular complexity index is 493. The number of esters is 1. The maximum absolute atomic E-state index is 12.0. The number of carbonyl (C=O) groups excluding carboxylic acids is 1. The summed E-state index contributed by atoms with van der Waals surface area (Å²) < 4.78 is 6.05. The van der Waals surface area contributed by atoms with Crippen molar-refractivity contribution in [1.82, 2.24) is 4.98 Å². The fourth-order valence-electron chi connectivity index (χ4n) is 2.99. The molecule has 1 fully saturated rings. The largest absolute Gasteiger partial charge is 0.466 e. The lowest BCUT2D eigenvalue weighted by molar-refractivity contribution is -0.159. The number of ether oxygens (including phenoxy) is 1. The minimum Gasteiger partial charge on any atom is -0.466 e. The van der Waals surface area contributed by atoms with Crippen molar-refractivity contribution in [3.8, 4) is 0 Å². The third-order valence-electron chi connectivity index (χ3n) is 4.45. The van der Waals surface area contributed by atoms with Crippen LogP contribution in [0, 0.1) is 17.8 Å². The summed E-state index contributed by atoms with van der Waals surface area (Å²) >= 11 is 4.84. The molecule has 6 heteroatoms. The number of aliphatic hydroxyl groups is 1. The minimum atomic E-state index is -0.945. The predicted octanol–water partition coefficient (Wildman–Crippen LogP) is 3.34. The smallest absolute Gasteiger partial charge is 0.309 e. The van der Waals surface area contributed by atoms with Gasteiger partial charge < -0.3 is 9.84 Å². The third kappa shape index (κ3) is 2.78. The fourth-order valence-corrected chi connectivity index (χ4v) is 4.41. The van der Waals surface area contributed by atoms with Gasteiger partial charge in [-0.05, 0) is 47.5 Å². The van der Waals surface area contributed by atoms with Gasteiger partial charge in [0.2, 0.25) is 0 Å². The van der Waals surface area contributed by atoms with Gasteiger partial charge in [0.1, 0.15) is 10.6 Å². The molecule has 0 bridgehead atoms. The molecule has 1 aliphatic carbocycles. The lowest BCUT2D eigenvalue weighted by Crippen LogP contribution is -2.46. The Hall–Kier alpha value is -0.460. The van der Waals surface area contributed by atoms with E-state index in [2.05, 4.69) is 20.9 Å². The quantitative estimate of drug-likeness (QED) is 0.838. The van der Waals surface area contributed by atoms with Crippen molar-refractivity contribution in [2.45, 2.75) is 39.2 Å². The molecule has 0 amide bonds. The summed E-state index contributed by atoms with van der Waals surface area (Å²) in [4.78, 5) is 16.3. The lowest BCUT2D eigenvalue weighted by atomic mass is 9.65. The molecule has 0 radical (unpaired) electrons. The van der Waals surface area contributed by atoms with Gasteiger partial charge in [-0.3, -0.25) is 4.79 Å². The van der Waals surface area contributed by atoms with E-state index in [-0.39, 0.29) is 23.7 Å². The Morgan fingerprint density at radius 3 is 2.90 bits per heavy atom. The highest BCUT2D eigenvalue weighted by molar-refractivity contribution is 9.11. The zero-order valence-corrected chi connectivity index (χ0v) is 14.3. The van der Waals surface area contributed by atoms with E-state index in [9.17, 15) is 9.90 Å². The molecular weight excluding hydrogens is 342 g/mol. The molecule has 1 saturated carbocycles. The van der Waals surface area contributed by atoms with E-state index in [4.69, 9.17) is 4.74 Å². The average Bonchev–Trinajstić information content (AvgIpc) is 2.84. The summed E-state index contributed by atoms with van der Waals surface area (Å²) in [6.45, 7) is 6.22. The van der Waals surface area contributed by atoms with Crippen LogP contribution in [0.4, 0.5) is 0 Å². The first-order valence-corrected chi connectivity index (χ1v) is 8.52. The van der Waals surface area contributed by atoms with Crippen LogP contribution < -0.4 is 0 Å². The monoisotopic (exact) mass is 361 g/mol. The Balaban J connectivity index is 2.20. The summed E-state index contributed by atoms with van der Waals surface area (Å²) in [5.74, 6) is -0.248. The summed E-state index contributed by atoms with van der Waals surface area (Å²) in [5, 5.41) is 11.7. The van der Waals surface area contributed by atoms with Crippen molar-refractivity contribution in [3.05, 3.63) is 15.0 Å². The van der Waals surface area contributed by atoms with Crippen LogP contribution >= 0.6 is 27.3 Å². The van der Waals surface area contributed by atoms with Crippen LogP contribution in [-0.2, 0) is 15.1 Å².